The van der Waals surface area contributed by atoms with Crippen molar-refractivity contribution in [3.05, 3.63) is 88.9 Å². The fraction of sp³-hybridized carbons (Fsp3) is 0.136. The van der Waals surface area contributed by atoms with Gasteiger partial charge in [0, 0.05) is 19.3 Å². The van der Waals surface area contributed by atoms with E-state index in [0.29, 0.717) is 0 Å². The number of rotatable bonds is 7. The predicted molar refractivity (Wildman–Crippen MR) is 118 cm³/mol. The number of sulfonamides is 1. The van der Waals surface area contributed by atoms with Crippen molar-refractivity contribution in [2.75, 3.05) is 12.4 Å². The quantitative estimate of drug-likeness (QED) is 0.479. The summed E-state index contributed by atoms with van der Waals surface area (Å²) in [7, 11) is -2.52. The van der Waals surface area contributed by atoms with Crippen LogP contribution in [0.4, 0.5) is 18.9 Å². The number of nitrogens with one attached hydrogen (secondary N) is 1. The van der Waals surface area contributed by atoms with E-state index < -0.39 is 28.0 Å². The molecular formula is C22H18ClF3N2O4S. The van der Waals surface area contributed by atoms with E-state index in [4.69, 9.17) is 11.6 Å². The molecule has 3 aromatic rings. The largest absolute Gasteiger partial charge is 0.573 e. The molecule has 0 saturated heterocycles. The summed E-state index contributed by atoms with van der Waals surface area (Å²) in [5.41, 5.74) is 0.843. The van der Waals surface area contributed by atoms with Crippen LogP contribution in [0.25, 0.3) is 0 Å². The summed E-state index contributed by atoms with van der Waals surface area (Å²) in [4.78, 5) is 12.5. The normalized spacial score (nSPS) is 11.9. The molecule has 3 rings (SSSR count). The van der Waals surface area contributed by atoms with Crippen LogP contribution in [0, 0.1) is 0 Å². The van der Waals surface area contributed by atoms with Crippen LogP contribution in [0.3, 0.4) is 0 Å². The first-order valence-corrected chi connectivity index (χ1v) is 11.2. The number of carbonyl (C=O) groups excluding carboxylic acids is 1. The zero-order valence-electron chi connectivity index (χ0n) is 17.1. The predicted octanol–water partition coefficient (Wildman–Crippen LogP) is 5.31. The highest BCUT2D eigenvalue weighted by Crippen LogP contribution is 2.26. The third-order valence-corrected chi connectivity index (χ3v) is 6.61. The number of amides is 1. The standard InChI is InChI=1S/C22H18ClF3N2O4S/c1-28(14-15-5-3-2-4-6-15)33(30,31)18-11-12-20(23)19(13-18)21(29)27-16-7-9-17(10-8-16)32-22(24,25)26/h2-13H,14H2,1H3,(H,27,29). The topological polar surface area (TPSA) is 75.7 Å². The highest BCUT2D eigenvalue weighted by atomic mass is 35.5. The fourth-order valence-electron chi connectivity index (χ4n) is 2.88. The van der Waals surface area contributed by atoms with Crippen LogP contribution in [0.2, 0.25) is 5.02 Å². The molecule has 0 aliphatic heterocycles. The maximum Gasteiger partial charge on any atom is 0.573 e. The van der Waals surface area contributed by atoms with E-state index in [-0.39, 0.29) is 27.7 Å². The summed E-state index contributed by atoms with van der Waals surface area (Å²) in [6, 6.07) is 17.2. The van der Waals surface area contributed by atoms with Gasteiger partial charge in [0.2, 0.25) is 10.0 Å². The summed E-state index contributed by atoms with van der Waals surface area (Å²) in [5.74, 6) is -1.18. The molecule has 0 heterocycles. The number of benzene rings is 3. The molecule has 0 fully saturated rings. The number of carbonyl (C=O) groups is 1. The van der Waals surface area contributed by atoms with Crippen LogP contribution in [0.15, 0.2) is 77.7 Å². The van der Waals surface area contributed by atoms with Gasteiger partial charge < -0.3 is 10.1 Å². The Balaban J connectivity index is 1.78. The van der Waals surface area contributed by atoms with Crippen LogP contribution in [-0.2, 0) is 16.6 Å². The molecule has 0 atom stereocenters. The lowest BCUT2D eigenvalue weighted by molar-refractivity contribution is -0.274. The van der Waals surface area contributed by atoms with Gasteiger partial charge >= 0.3 is 6.36 Å². The van der Waals surface area contributed by atoms with Crippen LogP contribution in [0.1, 0.15) is 15.9 Å². The average Bonchev–Trinajstić information content (AvgIpc) is 2.75. The molecular weight excluding hydrogens is 481 g/mol. The van der Waals surface area contributed by atoms with Gasteiger partial charge in [0.05, 0.1) is 15.5 Å². The third kappa shape index (κ3) is 6.47. The van der Waals surface area contributed by atoms with E-state index in [1.807, 2.05) is 6.07 Å². The Labute approximate surface area is 193 Å². The van der Waals surface area contributed by atoms with Gasteiger partial charge in [0.15, 0.2) is 0 Å². The zero-order chi connectivity index (χ0) is 24.2. The molecule has 0 bridgehead atoms. The van der Waals surface area contributed by atoms with Gasteiger partial charge in [-0.15, -0.1) is 13.2 Å². The first-order chi connectivity index (χ1) is 15.5. The van der Waals surface area contributed by atoms with Gasteiger partial charge in [-0.1, -0.05) is 41.9 Å². The summed E-state index contributed by atoms with van der Waals surface area (Å²) in [6.45, 7) is 0.125. The van der Waals surface area contributed by atoms with E-state index in [2.05, 4.69) is 10.1 Å². The monoisotopic (exact) mass is 498 g/mol. The Morgan fingerprint density at radius 2 is 1.67 bits per heavy atom. The lowest BCUT2D eigenvalue weighted by Crippen LogP contribution is -2.27. The van der Waals surface area contributed by atoms with Crippen molar-refractivity contribution in [2.24, 2.45) is 0 Å². The van der Waals surface area contributed by atoms with Crippen LogP contribution >= 0.6 is 11.6 Å². The maximum atomic E-state index is 13.0. The van der Waals surface area contributed by atoms with E-state index in [0.717, 1.165) is 28.1 Å². The number of alkyl halides is 3. The van der Waals surface area contributed by atoms with Crippen molar-refractivity contribution < 1.29 is 31.1 Å². The number of anilines is 1. The number of ether oxygens (including phenoxy) is 1. The molecule has 0 aromatic heterocycles. The van der Waals surface area contributed by atoms with Crippen LogP contribution in [-0.4, -0.2) is 32.0 Å². The molecule has 3 aromatic carbocycles. The van der Waals surface area contributed by atoms with Gasteiger partial charge in [0.25, 0.3) is 5.91 Å². The maximum absolute atomic E-state index is 13.0. The second-order valence-electron chi connectivity index (χ2n) is 6.91. The van der Waals surface area contributed by atoms with Crippen LogP contribution < -0.4 is 10.1 Å². The minimum atomic E-state index is -4.84. The SMILES string of the molecule is CN(Cc1ccccc1)S(=O)(=O)c1ccc(Cl)c(C(=O)Nc2ccc(OC(F)(F)F)cc2)c1. The molecule has 6 nitrogen and oxygen atoms in total. The fourth-order valence-corrected chi connectivity index (χ4v) is 4.27. The van der Waals surface area contributed by atoms with Gasteiger partial charge in [0.1, 0.15) is 5.75 Å². The van der Waals surface area contributed by atoms with Gasteiger partial charge in [-0.25, -0.2) is 8.42 Å². The first-order valence-electron chi connectivity index (χ1n) is 9.43. The Bertz CT molecular complexity index is 1230. The molecule has 0 aliphatic rings. The second kappa shape index (κ2) is 9.82. The van der Waals surface area contributed by atoms with Gasteiger partial charge in [-0.05, 0) is 48.0 Å². The first kappa shape index (κ1) is 24.6. The molecule has 11 heteroatoms. The van der Waals surface area contributed by atoms with E-state index in [1.54, 1.807) is 24.3 Å². The molecule has 0 spiro atoms. The molecule has 0 saturated carbocycles. The highest BCUT2D eigenvalue weighted by Gasteiger charge is 2.31. The minimum Gasteiger partial charge on any atom is -0.406 e. The molecule has 1 amide bonds. The molecule has 0 aliphatic carbocycles. The van der Waals surface area contributed by atoms with Crippen molar-refractivity contribution in [1.29, 1.82) is 0 Å². The van der Waals surface area contributed by atoms with Crippen molar-refractivity contribution in [1.82, 2.24) is 4.31 Å². The third-order valence-electron chi connectivity index (χ3n) is 4.48. The smallest absolute Gasteiger partial charge is 0.406 e. The number of hydrogen-bond donors (Lipinski definition) is 1. The Kier molecular flexibility index (Phi) is 7.31. The van der Waals surface area contributed by atoms with Crippen molar-refractivity contribution in [3.8, 4) is 5.75 Å². The molecule has 1 N–H and O–H groups in total. The molecule has 33 heavy (non-hydrogen) atoms. The highest BCUT2D eigenvalue weighted by molar-refractivity contribution is 7.89. The zero-order valence-corrected chi connectivity index (χ0v) is 18.7. The number of nitrogens with zero attached hydrogens (tertiary/aromatic N) is 1. The summed E-state index contributed by atoms with van der Waals surface area (Å²) >= 11 is 6.10. The van der Waals surface area contributed by atoms with E-state index in [1.165, 1.54) is 31.3 Å². The molecule has 0 radical (unpaired) electrons. The van der Waals surface area contributed by atoms with Gasteiger partial charge in [-0.2, -0.15) is 4.31 Å². The van der Waals surface area contributed by atoms with Crippen molar-refractivity contribution >= 4 is 33.2 Å². The number of hydrogen-bond acceptors (Lipinski definition) is 4. The molecule has 174 valence electrons. The van der Waals surface area contributed by atoms with E-state index in [9.17, 15) is 26.4 Å². The summed E-state index contributed by atoms with van der Waals surface area (Å²) in [5, 5.41) is 2.48. The lowest BCUT2D eigenvalue weighted by atomic mass is 10.2. The van der Waals surface area contributed by atoms with Crippen LogP contribution in [0.5, 0.6) is 5.75 Å². The van der Waals surface area contributed by atoms with E-state index >= 15 is 0 Å². The average molecular weight is 499 g/mol. The minimum absolute atomic E-state index is 0.00851. The second-order valence-corrected chi connectivity index (χ2v) is 9.37. The number of halogens is 4. The Hall–Kier alpha value is -3.08. The summed E-state index contributed by atoms with van der Waals surface area (Å²) in [6.07, 6.45) is -4.84. The van der Waals surface area contributed by atoms with Crippen molar-refractivity contribution in [3.63, 3.8) is 0 Å². The Morgan fingerprint density at radius 1 is 1.03 bits per heavy atom. The van der Waals surface area contributed by atoms with Crippen molar-refractivity contribution in [2.45, 2.75) is 17.8 Å². The summed E-state index contributed by atoms with van der Waals surface area (Å²) < 4.78 is 67.7. The molecule has 0 unspecified atom stereocenters. The van der Waals surface area contributed by atoms with Gasteiger partial charge in [-0.3, -0.25) is 4.79 Å². The Morgan fingerprint density at radius 3 is 2.27 bits per heavy atom. The lowest BCUT2D eigenvalue weighted by Gasteiger charge is -2.18.